The van der Waals surface area contributed by atoms with E-state index in [1.54, 1.807) is 0 Å². The number of hydrogen-bond acceptors (Lipinski definition) is 5. The largest absolute Gasteiger partial charge is 0.709 e. The monoisotopic (exact) mass is 297 g/mol. The molecular weight excluding hydrogens is 283 g/mol. The van der Waals surface area contributed by atoms with Crippen LogP contribution in [0.25, 0.3) is 0 Å². The van der Waals surface area contributed by atoms with E-state index in [9.17, 15) is 22.1 Å². The molecule has 0 saturated heterocycles. The van der Waals surface area contributed by atoms with Crippen molar-refractivity contribution in [3.63, 3.8) is 0 Å². The van der Waals surface area contributed by atoms with E-state index < -0.39 is 45.5 Å². The summed E-state index contributed by atoms with van der Waals surface area (Å²) >= 11 is 0. The van der Waals surface area contributed by atoms with Crippen LogP contribution in [0.15, 0.2) is 0 Å². The van der Waals surface area contributed by atoms with Gasteiger partial charge < -0.3 is 10.2 Å². The Bertz CT molecular complexity index is 259. The van der Waals surface area contributed by atoms with Crippen molar-refractivity contribution in [2.45, 2.75) is 51.1 Å². The summed E-state index contributed by atoms with van der Waals surface area (Å²) in [7, 11) is -3.79. The number of halogens is 4. The third kappa shape index (κ3) is 8.71. The van der Waals surface area contributed by atoms with E-state index in [0.717, 1.165) is 13.8 Å². The van der Waals surface area contributed by atoms with Gasteiger partial charge in [0, 0.05) is 4.57 Å². The summed E-state index contributed by atoms with van der Waals surface area (Å²) in [5, 5.41) is 17.4. The molecule has 0 amide bonds. The van der Waals surface area contributed by atoms with Crippen LogP contribution in [0, 0.1) is 0 Å². The fraction of sp³-hybridized carbons (Fsp3) is 1.00. The first-order chi connectivity index (χ1) is 7.93. The molecule has 0 radical (unpaired) electrons. The molecular formula is C8H14F4O5P+. The summed E-state index contributed by atoms with van der Waals surface area (Å²) in [6.07, 6.45) is -13.5. The van der Waals surface area contributed by atoms with Crippen LogP contribution in [0.1, 0.15) is 26.7 Å². The molecule has 18 heavy (non-hydrogen) atoms. The second-order valence-electron chi connectivity index (χ2n) is 3.79. The second kappa shape index (κ2) is 6.72. The van der Waals surface area contributed by atoms with Crippen LogP contribution in [0.5, 0.6) is 0 Å². The third-order valence-corrected chi connectivity index (χ3v) is 2.31. The molecule has 0 aromatic rings. The van der Waals surface area contributed by atoms with Crippen LogP contribution >= 0.6 is 8.25 Å². The van der Waals surface area contributed by atoms with E-state index in [1.807, 2.05) is 0 Å². The molecule has 0 fully saturated rings. The van der Waals surface area contributed by atoms with E-state index in [1.165, 1.54) is 0 Å². The zero-order valence-electron chi connectivity index (χ0n) is 9.65. The molecule has 10 heteroatoms. The Balaban J connectivity index is 4.34. The van der Waals surface area contributed by atoms with Crippen molar-refractivity contribution in [3.05, 3.63) is 0 Å². The predicted molar refractivity (Wildman–Crippen MR) is 52.3 cm³/mol. The molecule has 0 saturated carbocycles. The molecule has 0 heterocycles. The minimum absolute atomic E-state index is 1.02. The smallest absolute Gasteiger partial charge is 0.393 e. The van der Waals surface area contributed by atoms with Crippen molar-refractivity contribution in [2.24, 2.45) is 0 Å². The fourth-order valence-corrected chi connectivity index (χ4v) is 1.62. The summed E-state index contributed by atoms with van der Waals surface area (Å²) in [6, 6.07) is 0. The van der Waals surface area contributed by atoms with E-state index in [-0.39, 0.29) is 0 Å². The number of aliphatic hydroxyl groups excluding tert-OH is 2. The summed E-state index contributed by atoms with van der Waals surface area (Å²) in [4.78, 5) is 0. The lowest BCUT2D eigenvalue weighted by molar-refractivity contribution is -0.225. The van der Waals surface area contributed by atoms with Gasteiger partial charge in [0.25, 0.3) is 0 Å². The van der Waals surface area contributed by atoms with Gasteiger partial charge in [-0.2, -0.15) is 17.6 Å². The van der Waals surface area contributed by atoms with E-state index in [2.05, 4.69) is 9.05 Å². The molecule has 0 bridgehead atoms. The summed E-state index contributed by atoms with van der Waals surface area (Å²) < 4.78 is 69.1. The number of alkyl halides is 4. The minimum atomic E-state index is -4.05. The zero-order chi connectivity index (χ0) is 14.6. The Morgan fingerprint density at radius 2 is 1.28 bits per heavy atom. The molecule has 0 aromatic heterocycles. The first-order valence-electron chi connectivity index (χ1n) is 4.91. The highest BCUT2D eigenvalue weighted by atomic mass is 31.1. The molecule has 0 aliphatic carbocycles. The Labute approximate surface area is 102 Å². The maximum atomic E-state index is 12.8. The highest BCUT2D eigenvalue weighted by Crippen LogP contribution is 2.41. The van der Waals surface area contributed by atoms with Gasteiger partial charge in [0.05, 0.1) is 25.0 Å². The predicted octanol–water partition coefficient (Wildman–Crippen LogP) is 2.40. The average molecular weight is 297 g/mol. The molecule has 0 spiro atoms. The van der Waals surface area contributed by atoms with Crippen molar-refractivity contribution in [3.8, 4) is 0 Å². The van der Waals surface area contributed by atoms with Crippen molar-refractivity contribution in [1.29, 1.82) is 0 Å². The molecule has 0 aromatic carbocycles. The van der Waals surface area contributed by atoms with E-state index >= 15 is 0 Å². The molecule has 0 aliphatic rings. The normalized spacial score (nSPS) is 17.4. The lowest BCUT2D eigenvalue weighted by atomic mass is 10.3. The zero-order valence-corrected chi connectivity index (χ0v) is 10.5. The summed E-state index contributed by atoms with van der Waals surface area (Å²) in [5.41, 5.74) is 0. The standard InChI is InChI=1S/C8H14F4O5P/c1-5(13)3-7(9,10)16-18(15)17-8(11,12)4-6(2)14/h5-6,13-14H,3-4H2,1-2H3/q+1. The maximum absolute atomic E-state index is 12.8. The Morgan fingerprint density at radius 3 is 1.50 bits per heavy atom. The first kappa shape index (κ1) is 17.7. The van der Waals surface area contributed by atoms with Crippen molar-refractivity contribution >= 4 is 8.25 Å². The molecule has 0 rings (SSSR count). The van der Waals surface area contributed by atoms with Gasteiger partial charge in [-0.3, -0.25) is 0 Å². The van der Waals surface area contributed by atoms with Gasteiger partial charge >= 0.3 is 20.5 Å². The first-order valence-corrected chi connectivity index (χ1v) is 6.00. The molecule has 0 aliphatic heterocycles. The van der Waals surface area contributed by atoms with Crippen LogP contribution in [-0.2, 0) is 13.6 Å². The van der Waals surface area contributed by atoms with Crippen molar-refractivity contribution < 1.29 is 41.4 Å². The molecule has 108 valence electrons. The number of hydrogen-bond donors (Lipinski definition) is 2. The van der Waals surface area contributed by atoms with Crippen molar-refractivity contribution in [1.82, 2.24) is 0 Å². The van der Waals surface area contributed by atoms with Crippen LogP contribution in [0.2, 0.25) is 0 Å². The van der Waals surface area contributed by atoms with Crippen LogP contribution in [-0.4, -0.2) is 34.6 Å². The van der Waals surface area contributed by atoms with Crippen LogP contribution in [0.4, 0.5) is 17.6 Å². The summed E-state index contributed by atoms with van der Waals surface area (Å²) in [5.74, 6) is 0. The highest BCUT2D eigenvalue weighted by molar-refractivity contribution is 7.33. The van der Waals surface area contributed by atoms with Crippen LogP contribution < -0.4 is 0 Å². The third-order valence-electron chi connectivity index (χ3n) is 1.48. The molecule has 2 atom stereocenters. The lowest BCUT2D eigenvalue weighted by Crippen LogP contribution is -2.26. The quantitative estimate of drug-likeness (QED) is 0.531. The second-order valence-corrected chi connectivity index (χ2v) is 4.60. The minimum Gasteiger partial charge on any atom is -0.393 e. The SMILES string of the molecule is CC(O)CC(F)(F)O[P+](=O)OC(F)(F)CC(C)O. The maximum Gasteiger partial charge on any atom is 0.709 e. The molecule has 5 nitrogen and oxygen atoms in total. The summed E-state index contributed by atoms with van der Waals surface area (Å²) in [6.45, 7) is 2.04. The van der Waals surface area contributed by atoms with Gasteiger partial charge in [0.15, 0.2) is 0 Å². The Kier molecular flexibility index (Phi) is 6.59. The topological polar surface area (TPSA) is 76.0 Å². The van der Waals surface area contributed by atoms with Crippen molar-refractivity contribution in [2.75, 3.05) is 0 Å². The fourth-order valence-electron chi connectivity index (χ4n) is 0.999. The molecule has 2 N–H and O–H groups in total. The van der Waals surface area contributed by atoms with Gasteiger partial charge in [-0.15, -0.1) is 0 Å². The van der Waals surface area contributed by atoms with E-state index in [4.69, 9.17) is 10.2 Å². The van der Waals surface area contributed by atoms with Crippen LogP contribution in [0.3, 0.4) is 0 Å². The van der Waals surface area contributed by atoms with E-state index in [0.29, 0.717) is 0 Å². The van der Waals surface area contributed by atoms with Gasteiger partial charge in [0.1, 0.15) is 0 Å². The van der Waals surface area contributed by atoms with Gasteiger partial charge in [-0.05, 0) is 22.9 Å². The number of rotatable bonds is 8. The number of aliphatic hydroxyl groups is 2. The highest BCUT2D eigenvalue weighted by Gasteiger charge is 2.50. The molecule has 2 unspecified atom stereocenters. The van der Waals surface area contributed by atoms with Gasteiger partial charge in [-0.1, -0.05) is 0 Å². The lowest BCUT2D eigenvalue weighted by Gasteiger charge is -2.13. The van der Waals surface area contributed by atoms with Gasteiger partial charge in [0.2, 0.25) is 0 Å². The van der Waals surface area contributed by atoms with Gasteiger partial charge in [-0.25, -0.2) is 0 Å². The Morgan fingerprint density at radius 1 is 1.00 bits per heavy atom. The average Bonchev–Trinajstić information content (AvgIpc) is 1.92. The Hall–Kier alpha value is -0.340.